The molecule has 1 unspecified atom stereocenters. The minimum Gasteiger partial charge on any atom is -0.354 e. The maximum absolute atomic E-state index is 6.19. The van der Waals surface area contributed by atoms with Crippen molar-refractivity contribution in [1.29, 1.82) is 0 Å². The van der Waals surface area contributed by atoms with Crippen molar-refractivity contribution in [1.82, 2.24) is 10.3 Å². The first kappa shape index (κ1) is 13.6. The Kier molecular flexibility index (Phi) is 4.84. The average Bonchev–Trinajstić information content (AvgIpc) is 2.86. The first-order valence-electron chi connectivity index (χ1n) is 6.88. The number of halogens is 1. The molecule has 0 spiro atoms. The molecule has 100 valence electrons. The Balaban J connectivity index is 2.17. The van der Waals surface area contributed by atoms with E-state index >= 15 is 0 Å². The van der Waals surface area contributed by atoms with Crippen LogP contribution in [0.5, 0.6) is 0 Å². The van der Waals surface area contributed by atoms with Gasteiger partial charge >= 0.3 is 0 Å². The van der Waals surface area contributed by atoms with Gasteiger partial charge in [0.15, 0.2) is 0 Å². The van der Waals surface area contributed by atoms with E-state index in [2.05, 4.69) is 35.1 Å². The molecule has 2 rings (SSSR count). The molecule has 1 atom stereocenters. The van der Waals surface area contributed by atoms with Gasteiger partial charge in [0.05, 0.1) is 5.02 Å². The maximum Gasteiger partial charge on any atom is 0.129 e. The summed E-state index contributed by atoms with van der Waals surface area (Å²) in [5.74, 6) is 1.08. The molecule has 18 heavy (non-hydrogen) atoms. The molecule has 3 nitrogen and oxygen atoms in total. The summed E-state index contributed by atoms with van der Waals surface area (Å²) in [6.45, 7) is 7.24. The summed E-state index contributed by atoms with van der Waals surface area (Å²) in [4.78, 5) is 6.92. The fraction of sp³-hybridized carbons (Fsp3) is 0.643. The van der Waals surface area contributed by atoms with Crippen molar-refractivity contribution < 1.29 is 0 Å². The minimum absolute atomic E-state index is 0.644. The van der Waals surface area contributed by atoms with E-state index in [4.69, 9.17) is 11.6 Å². The van der Waals surface area contributed by atoms with Gasteiger partial charge in [-0.3, -0.25) is 0 Å². The van der Waals surface area contributed by atoms with Crippen LogP contribution < -0.4 is 10.2 Å². The van der Waals surface area contributed by atoms with Crippen LogP contribution in [-0.4, -0.2) is 24.1 Å². The Bertz CT molecular complexity index is 395. The Labute approximate surface area is 115 Å². The highest BCUT2D eigenvalue weighted by molar-refractivity contribution is 6.31. The zero-order valence-corrected chi connectivity index (χ0v) is 12.0. The minimum atomic E-state index is 0.644. The molecule has 0 saturated carbocycles. The van der Waals surface area contributed by atoms with E-state index in [1.54, 1.807) is 6.20 Å². The van der Waals surface area contributed by atoms with E-state index in [-0.39, 0.29) is 0 Å². The normalized spacial score (nSPS) is 19.5. The van der Waals surface area contributed by atoms with Crippen molar-refractivity contribution in [3.8, 4) is 0 Å². The highest BCUT2D eigenvalue weighted by Gasteiger charge is 2.24. The first-order chi connectivity index (χ1) is 8.76. The van der Waals surface area contributed by atoms with E-state index in [1.165, 1.54) is 19.3 Å². The second-order valence-corrected chi connectivity index (χ2v) is 5.22. The lowest BCUT2D eigenvalue weighted by Crippen LogP contribution is -2.29. The van der Waals surface area contributed by atoms with Crippen LogP contribution in [0.25, 0.3) is 0 Å². The molecule has 1 N–H and O–H groups in total. The van der Waals surface area contributed by atoms with Crippen LogP contribution in [0.3, 0.4) is 0 Å². The van der Waals surface area contributed by atoms with E-state index < -0.39 is 0 Å². The van der Waals surface area contributed by atoms with Crippen molar-refractivity contribution >= 4 is 17.4 Å². The molecule has 2 heterocycles. The molecule has 0 aromatic carbocycles. The van der Waals surface area contributed by atoms with Crippen molar-refractivity contribution in [3.63, 3.8) is 0 Å². The molecule has 1 aromatic rings. The van der Waals surface area contributed by atoms with Crippen LogP contribution in [0.1, 0.15) is 38.7 Å². The van der Waals surface area contributed by atoms with Crippen LogP contribution in [0.2, 0.25) is 5.02 Å². The lowest BCUT2D eigenvalue weighted by Gasteiger charge is -2.25. The Morgan fingerprint density at radius 3 is 3.06 bits per heavy atom. The number of hydrogen-bond acceptors (Lipinski definition) is 3. The maximum atomic E-state index is 6.19. The fourth-order valence-corrected chi connectivity index (χ4v) is 2.75. The molecule has 0 radical (unpaired) electrons. The van der Waals surface area contributed by atoms with Gasteiger partial charge in [-0.15, -0.1) is 0 Å². The summed E-state index contributed by atoms with van der Waals surface area (Å²) in [6.07, 6.45) is 5.52. The summed E-state index contributed by atoms with van der Waals surface area (Å²) in [5.41, 5.74) is 1.14. The van der Waals surface area contributed by atoms with Gasteiger partial charge in [0.1, 0.15) is 5.82 Å². The molecule has 1 fully saturated rings. The molecule has 1 aromatic heterocycles. The first-order valence-corrected chi connectivity index (χ1v) is 7.25. The van der Waals surface area contributed by atoms with Crippen LogP contribution in [0.15, 0.2) is 12.3 Å². The van der Waals surface area contributed by atoms with Crippen molar-refractivity contribution in [2.75, 3.05) is 18.0 Å². The van der Waals surface area contributed by atoms with Gasteiger partial charge in [-0.25, -0.2) is 4.98 Å². The van der Waals surface area contributed by atoms with Gasteiger partial charge in [0.2, 0.25) is 0 Å². The molecule has 0 bridgehead atoms. The molecule has 0 aliphatic carbocycles. The molecule has 1 aliphatic heterocycles. The van der Waals surface area contributed by atoms with Crippen LogP contribution in [-0.2, 0) is 6.54 Å². The molecular weight excluding hydrogens is 246 g/mol. The molecule has 0 amide bonds. The number of hydrogen-bond donors (Lipinski definition) is 1. The molecule has 4 heteroatoms. The van der Waals surface area contributed by atoms with E-state index in [0.29, 0.717) is 6.04 Å². The third-order valence-electron chi connectivity index (χ3n) is 3.63. The largest absolute Gasteiger partial charge is 0.354 e. The van der Waals surface area contributed by atoms with Gasteiger partial charge in [0, 0.05) is 25.3 Å². The Morgan fingerprint density at radius 1 is 1.50 bits per heavy atom. The molecular formula is C14H22ClN3. The van der Waals surface area contributed by atoms with Crippen LogP contribution in [0, 0.1) is 0 Å². The van der Waals surface area contributed by atoms with E-state index in [0.717, 1.165) is 36.0 Å². The third-order valence-corrected chi connectivity index (χ3v) is 3.97. The second kappa shape index (κ2) is 6.39. The third kappa shape index (κ3) is 2.96. The quantitative estimate of drug-likeness (QED) is 0.888. The van der Waals surface area contributed by atoms with Crippen LogP contribution in [0.4, 0.5) is 5.82 Å². The van der Waals surface area contributed by atoms with Gasteiger partial charge < -0.3 is 10.2 Å². The van der Waals surface area contributed by atoms with Gasteiger partial charge in [-0.05, 0) is 37.4 Å². The van der Waals surface area contributed by atoms with E-state index in [1.807, 2.05) is 0 Å². The molecule has 1 aliphatic rings. The number of rotatable bonds is 5. The van der Waals surface area contributed by atoms with Gasteiger partial charge in [-0.1, -0.05) is 25.4 Å². The van der Waals surface area contributed by atoms with Crippen molar-refractivity contribution in [3.05, 3.63) is 22.8 Å². The zero-order chi connectivity index (χ0) is 13.0. The number of pyridine rings is 1. The Hall–Kier alpha value is -0.800. The van der Waals surface area contributed by atoms with Crippen LogP contribution >= 0.6 is 11.6 Å². The zero-order valence-electron chi connectivity index (χ0n) is 11.2. The van der Waals surface area contributed by atoms with E-state index in [9.17, 15) is 0 Å². The summed E-state index contributed by atoms with van der Waals surface area (Å²) < 4.78 is 0. The highest BCUT2D eigenvalue weighted by Crippen LogP contribution is 2.28. The lowest BCUT2D eigenvalue weighted by atomic mass is 10.1. The lowest BCUT2D eigenvalue weighted by molar-refractivity contribution is 0.639. The molecule has 1 saturated heterocycles. The predicted molar refractivity (Wildman–Crippen MR) is 77.3 cm³/mol. The summed E-state index contributed by atoms with van der Waals surface area (Å²) in [6, 6.07) is 2.78. The summed E-state index contributed by atoms with van der Waals surface area (Å²) in [5, 5.41) is 4.07. The van der Waals surface area contributed by atoms with Gasteiger partial charge in [0.25, 0.3) is 0 Å². The SMILES string of the molecule is CCNCc1cc(N2CCCC2CC)ncc1Cl. The monoisotopic (exact) mass is 267 g/mol. The smallest absolute Gasteiger partial charge is 0.129 e. The topological polar surface area (TPSA) is 28.2 Å². The van der Waals surface area contributed by atoms with Crippen molar-refractivity contribution in [2.24, 2.45) is 0 Å². The second-order valence-electron chi connectivity index (χ2n) is 4.81. The number of nitrogens with zero attached hydrogens (tertiary/aromatic N) is 2. The van der Waals surface area contributed by atoms with Crippen molar-refractivity contribution in [2.45, 2.75) is 45.7 Å². The standard InChI is InChI=1S/C14H22ClN3/c1-3-12-6-5-7-18(12)14-8-11(9-16-4-2)13(15)10-17-14/h8,10,12,16H,3-7,9H2,1-2H3. The Morgan fingerprint density at radius 2 is 2.33 bits per heavy atom. The number of anilines is 1. The summed E-state index contributed by atoms with van der Waals surface area (Å²) >= 11 is 6.19. The highest BCUT2D eigenvalue weighted by atomic mass is 35.5. The summed E-state index contributed by atoms with van der Waals surface area (Å²) in [7, 11) is 0. The predicted octanol–water partition coefficient (Wildman–Crippen LogP) is 3.22. The van der Waals surface area contributed by atoms with Gasteiger partial charge in [-0.2, -0.15) is 0 Å². The number of nitrogens with one attached hydrogen (secondary N) is 1. The fourth-order valence-electron chi connectivity index (χ4n) is 2.58. The average molecular weight is 268 g/mol. The number of aromatic nitrogens is 1.